The van der Waals surface area contributed by atoms with Crippen molar-refractivity contribution in [3.63, 3.8) is 0 Å². The first kappa shape index (κ1) is 19.6. The van der Waals surface area contributed by atoms with Crippen LogP contribution in [0.25, 0.3) is 0 Å². The van der Waals surface area contributed by atoms with Crippen LogP contribution in [0.4, 0.5) is 15.8 Å². The summed E-state index contributed by atoms with van der Waals surface area (Å²) in [4.78, 5) is 12.4. The van der Waals surface area contributed by atoms with E-state index >= 15 is 0 Å². The average Bonchev–Trinajstić information content (AvgIpc) is 2.70. The number of hydrogen-bond acceptors (Lipinski definition) is 3. The third kappa shape index (κ3) is 3.89. The highest BCUT2D eigenvalue weighted by Gasteiger charge is 2.27. The first-order chi connectivity index (χ1) is 13.4. The molecule has 7 heteroatoms. The molecule has 1 N–H and O–H groups in total. The van der Waals surface area contributed by atoms with Gasteiger partial charge in [0.25, 0.3) is 15.9 Å². The maximum Gasteiger partial charge on any atom is 0.266 e. The largest absolute Gasteiger partial charge is 0.321 e. The van der Waals surface area contributed by atoms with Gasteiger partial charge in [0.1, 0.15) is 10.7 Å². The predicted molar refractivity (Wildman–Crippen MR) is 107 cm³/mol. The fourth-order valence-electron chi connectivity index (χ4n) is 2.83. The molecule has 0 radical (unpaired) electrons. The molecule has 0 aromatic heterocycles. The van der Waals surface area contributed by atoms with Gasteiger partial charge in [0, 0.05) is 6.54 Å². The van der Waals surface area contributed by atoms with E-state index < -0.39 is 21.7 Å². The Hall–Kier alpha value is -3.19. The molecule has 28 heavy (non-hydrogen) atoms. The van der Waals surface area contributed by atoms with Crippen LogP contribution in [-0.2, 0) is 10.0 Å². The van der Waals surface area contributed by atoms with Gasteiger partial charge in [-0.1, -0.05) is 42.5 Å². The lowest BCUT2D eigenvalue weighted by Crippen LogP contribution is -2.31. The van der Waals surface area contributed by atoms with Crippen molar-refractivity contribution in [3.8, 4) is 0 Å². The monoisotopic (exact) mass is 398 g/mol. The van der Waals surface area contributed by atoms with Crippen LogP contribution in [0.15, 0.2) is 83.8 Å². The number of rotatable bonds is 6. The molecule has 3 aromatic carbocycles. The molecule has 0 aliphatic heterocycles. The number of amides is 1. The molecule has 1 amide bonds. The Bertz CT molecular complexity index is 1090. The number of halogens is 1. The summed E-state index contributed by atoms with van der Waals surface area (Å²) in [5, 5.41) is 2.52. The Balaban J connectivity index is 2.00. The predicted octanol–water partition coefficient (Wildman–Crippen LogP) is 4.29. The fraction of sp³-hybridized carbons (Fsp3) is 0.0952. The second-order valence-electron chi connectivity index (χ2n) is 5.94. The zero-order chi connectivity index (χ0) is 20.1. The molecular formula is C21H19FN2O3S. The van der Waals surface area contributed by atoms with E-state index in [0.29, 0.717) is 5.69 Å². The SMILES string of the molecule is CCN(c1ccccc1)S(=O)(=O)c1ccccc1NC(=O)c1ccccc1F. The van der Waals surface area contributed by atoms with E-state index in [9.17, 15) is 17.6 Å². The van der Waals surface area contributed by atoms with Crippen LogP contribution in [0.2, 0.25) is 0 Å². The van der Waals surface area contributed by atoms with Crippen molar-refractivity contribution in [2.75, 3.05) is 16.2 Å². The van der Waals surface area contributed by atoms with E-state index in [-0.39, 0.29) is 22.7 Å². The van der Waals surface area contributed by atoms with Crippen LogP contribution in [0.5, 0.6) is 0 Å². The minimum absolute atomic E-state index is 0.0645. The summed E-state index contributed by atoms with van der Waals surface area (Å²) < 4.78 is 41.7. The van der Waals surface area contributed by atoms with Crippen molar-refractivity contribution in [2.24, 2.45) is 0 Å². The van der Waals surface area contributed by atoms with E-state index in [4.69, 9.17) is 0 Å². The minimum atomic E-state index is -3.95. The van der Waals surface area contributed by atoms with E-state index in [1.165, 1.54) is 40.7 Å². The van der Waals surface area contributed by atoms with E-state index in [0.717, 1.165) is 0 Å². The Morgan fingerprint density at radius 3 is 2.21 bits per heavy atom. The summed E-state index contributed by atoms with van der Waals surface area (Å²) in [6.45, 7) is 1.94. The molecule has 0 bridgehead atoms. The lowest BCUT2D eigenvalue weighted by atomic mass is 10.2. The maximum atomic E-state index is 13.9. The van der Waals surface area contributed by atoms with Gasteiger partial charge in [-0.15, -0.1) is 0 Å². The second kappa shape index (κ2) is 8.22. The number of nitrogens with zero attached hydrogens (tertiary/aromatic N) is 1. The summed E-state index contributed by atoms with van der Waals surface area (Å²) in [6.07, 6.45) is 0. The molecular weight excluding hydrogens is 379 g/mol. The zero-order valence-electron chi connectivity index (χ0n) is 15.2. The van der Waals surface area contributed by atoms with Gasteiger partial charge in [-0.3, -0.25) is 9.10 Å². The number of nitrogens with one attached hydrogen (secondary N) is 1. The molecule has 0 spiro atoms. The fourth-order valence-corrected chi connectivity index (χ4v) is 4.46. The lowest BCUT2D eigenvalue weighted by molar-refractivity contribution is 0.102. The van der Waals surface area contributed by atoms with E-state index in [2.05, 4.69) is 5.32 Å². The molecule has 0 saturated heterocycles. The van der Waals surface area contributed by atoms with Crippen molar-refractivity contribution >= 4 is 27.3 Å². The molecule has 0 saturated carbocycles. The highest BCUT2D eigenvalue weighted by Crippen LogP contribution is 2.28. The first-order valence-corrected chi connectivity index (χ1v) is 10.1. The Labute approximate surface area is 163 Å². The number of sulfonamides is 1. The van der Waals surface area contributed by atoms with Gasteiger partial charge in [-0.05, 0) is 43.3 Å². The number of anilines is 2. The molecule has 0 heterocycles. The molecule has 5 nitrogen and oxygen atoms in total. The summed E-state index contributed by atoms with van der Waals surface area (Å²) in [6, 6.07) is 20.3. The standard InChI is InChI=1S/C21H19FN2O3S/c1-2-24(16-10-4-3-5-11-16)28(26,27)20-15-9-8-14-19(20)23-21(25)17-12-6-7-13-18(17)22/h3-15H,2H2,1H3,(H,23,25). The topological polar surface area (TPSA) is 66.5 Å². The Kier molecular flexibility index (Phi) is 5.75. The Morgan fingerprint density at radius 1 is 0.929 bits per heavy atom. The van der Waals surface area contributed by atoms with Gasteiger partial charge in [0.05, 0.1) is 16.9 Å². The quantitative estimate of drug-likeness (QED) is 0.673. The highest BCUT2D eigenvalue weighted by molar-refractivity contribution is 7.93. The third-order valence-electron chi connectivity index (χ3n) is 4.15. The summed E-state index contributed by atoms with van der Waals surface area (Å²) in [7, 11) is -3.95. The summed E-state index contributed by atoms with van der Waals surface area (Å²) in [5.74, 6) is -1.40. The van der Waals surface area contributed by atoms with Crippen molar-refractivity contribution < 1.29 is 17.6 Å². The van der Waals surface area contributed by atoms with Gasteiger partial charge in [-0.2, -0.15) is 0 Å². The Morgan fingerprint density at radius 2 is 1.54 bits per heavy atom. The lowest BCUT2D eigenvalue weighted by Gasteiger charge is -2.24. The summed E-state index contributed by atoms with van der Waals surface area (Å²) >= 11 is 0. The summed E-state index contributed by atoms with van der Waals surface area (Å²) in [5.41, 5.74) is 0.440. The number of para-hydroxylation sites is 2. The smallest absolute Gasteiger partial charge is 0.266 e. The van der Waals surface area contributed by atoms with Crippen LogP contribution >= 0.6 is 0 Å². The molecule has 0 atom stereocenters. The maximum absolute atomic E-state index is 13.9. The number of hydrogen-bond donors (Lipinski definition) is 1. The molecule has 0 fully saturated rings. The molecule has 3 aromatic rings. The van der Waals surface area contributed by atoms with E-state index in [1.807, 2.05) is 0 Å². The van der Waals surface area contributed by atoms with Gasteiger partial charge in [-0.25, -0.2) is 12.8 Å². The van der Waals surface area contributed by atoms with Crippen LogP contribution in [0, 0.1) is 5.82 Å². The normalized spacial score (nSPS) is 11.1. The van der Waals surface area contributed by atoms with E-state index in [1.54, 1.807) is 49.4 Å². The van der Waals surface area contributed by atoms with Crippen molar-refractivity contribution in [1.82, 2.24) is 0 Å². The van der Waals surface area contributed by atoms with Crippen molar-refractivity contribution in [3.05, 3.63) is 90.2 Å². The zero-order valence-corrected chi connectivity index (χ0v) is 16.0. The molecule has 0 unspecified atom stereocenters. The number of carbonyl (C=O) groups excluding carboxylic acids is 1. The minimum Gasteiger partial charge on any atom is -0.321 e. The van der Waals surface area contributed by atoms with Crippen LogP contribution in [0.3, 0.4) is 0 Å². The second-order valence-corrected chi connectivity index (χ2v) is 7.77. The molecule has 3 rings (SSSR count). The number of carbonyl (C=O) groups is 1. The van der Waals surface area contributed by atoms with Gasteiger partial charge >= 0.3 is 0 Å². The molecule has 0 aliphatic rings. The van der Waals surface area contributed by atoms with Gasteiger partial charge in [0.15, 0.2) is 0 Å². The first-order valence-electron chi connectivity index (χ1n) is 8.68. The molecule has 144 valence electrons. The van der Waals surface area contributed by atoms with Crippen LogP contribution in [0.1, 0.15) is 17.3 Å². The van der Waals surface area contributed by atoms with Gasteiger partial charge in [0.2, 0.25) is 0 Å². The van der Waals surface area contributed by atoms with Crippen LogP contribution in [-0.4, -0.2) is 20.9 Å². The highest BCUT2D eigenvalue weighted by atomic mass is 32.2. The third-order valence-corrected chi connectivity index (χ3v) is 6.11. The molecule has 0 aliphatic carbocycles. The number of benzene rings is 3. The van der Waals surface area contributed by atoms with Crippen molar-refractivity contribution in [2.45, 2.75) is 11.8 Å². The van der Waals surface area contributed by atoms with Crippen molar-refractivity contribution in [1.29, 1.82) is 0 Å². The van der Waals surface area contributed by atoms with Crippen LogP contribution < -0.4 is 9.62 Å². The van der Waals surface area contributed by atoms with Gasteiger partial charge < -0.3 is 5.32 Å². The average molecular weight is 398 g/mol.